The number of benzene rings is 1. The van der Waals surface area contributed by atoms with Gasteiger partial charge in [0.05, 0.1) is 12.6 Å². The molecule has 3 atom stereocenters. The molecule has 5 heteroatoms. The maximum Gasteiger partial charge on any atom is 0.242 e. The minimum atomic E-state index is -0.151. The van der Waals surface area contributed by atoms with Crippen molar-refractivity contribution in [3.63, 3.8) is 0 Å². The van der Waals surface area contributed by atoms with Crippen LogP contribution in [0.1, 0.15) is 43.4 Å². The Morgan fingerprint density at radius 1 is 1.15 bits per heavy atom. The lowest BCUT2D eigenvalue weighted by Crippen LogP contribution is -2.42. The number of nitrogens with zero attached hydrogens (tertiary/aromatic N) is 2. The monoisotopic (exact) mass is 369 g/mol. The van der Waals surface area contributed by atoms with Gasteiger partial charge in [-0.05, 0) is 42.7 Å². The quantitative estimate of drug-likeness (QED) is 0.867. The molecule has 1 saturated carbocycles. The maximum absolute atomic E-state index is 12.9. The summed E-state index contributed by atoms with van der Waals surface area (Å²) in [6, 6.07) is 8.58. The van der Waals surface area contributed by atoms with Crippen molar-refractivity contribution in [1.82, 2.24) is 15.1 Å². The van der Waals surface area contributed by atoms with Crippen LogP contribution in [-0.4, -0.2) is 54.3 Å². The summed E-state index contributed by atoms with van der Waals surface area (Å²) < 4.78 is 0. The topological polar surface area (TPSA) is 52.7 Å². The zero-order chi connectivity index (χ0) is 19.0. The first-order valence-corrected chi connectivity index (χ1v) is 10.3. The highest BCUT2D eigenvalue weighted by molar-refractivity contribution is 5.84. The van der Waals surface area contributed by atoms with Crippen LogP contribution in [0.3, 0.4) is 0 Å². The predicted molar refractivity (Wildman–Crippen MR) is 105 cm³/mol. The van der Waals surface area contributed by atoms with Gasteiger partial charge in [0.15, 0.2) is 0 Å². The molecule has 0 bridgehead atoms. The molecule has 1 aromatic rings. The first-order valence-electron chi connectivity index (χ1n) is 10.3. The number of fused-ring (bicyclic) bond motifs is 1. The highest BCUT2D eigenvalue weighted by atomic mass is 16.2. The molecule has 146 valence electrons. The summed E-state index contributed by atoms with van der Waals surface area (Å²) in [4.78, 5) is 28.8. The van der Waals surface area contributed by atoms with Gasteiger partial charge in [0.25, 0.3) is 0 Å². The van der Waals surface area contributed by atoms with Crippen molar-refractivity contribution in [2.24, 2.45) is 17.8 Å². The fourth-order valence-electron chi connectivity index (χ4n) is 5.20. The third-order valence-electron chi connectivity index (χ3n) is 6.80. The van der Waals surface area contributed by atoms with E-state index in [1.165, 1.54) is 43.9 Å². The average molecular weight is 370 g/mol. The summed E-state index contributed by atoms with van der Waals surface area (Å²) in [5.74, 6) is 1.81. The van der Waals surface area contributed by atoms with E-state index >= 15 is 0 Å². The van der Waals surface area contributed by atoms with Crippen molar-refractivity contribution in [3.05, 3.63) is 35.4 Å². The fraction of sp³-hybridized carbons (Fsp3) is 0.636. The summed E-state index contributed by atoms with van der Waals surface area (Å²) >= 11 is 0. The molecule has 2 aliphatic heterocycles. The van der Waals surface area contributed by atoms with Crippen LogP contribution in [0.4, 0.5) is 0 Å². The number of hydrogen-bond donors (Lipinski definition) is 1. The maximum atomic E-state index is 12.9. The molecule has 1 aromatic carbocycles. The number of likely N-dealkylation sites (tertiary alicyclic amines) is 2. The van der Waals surface area contributed by atoms with Gasteiger partial charge in [0.2, 0.25) is 11.8 Å². The average Bonchev–Trinajstić information content (AvgIpc) is 3.14. The molecule has 2 amide bonds. The minimum Gasteiger partial charge on any atom is -0.347 e. The lowest BCUT2D eigenvalue weighted by atomic mass is 9.85. The molecule has 1 N–H and O–H groups in total. The third kappa shape index (κ3) is 3.75. The van der Waals surface area contributed by atoms with Crippen molar-refractivity contribution in [1.29, 1.82) is 0 Å². The van der Waals surface area contributed by atoms with E-state index in [9.17, 15) is 9.59 Å². The number of carbonyl (C=O) groups is 2. The standard InChI is InChI=1S/C22H31N3O2/c1-15-6-3-4-9-19(15)22-20-14-24(11-17-7-5-8-17)12-18(20)13-25(22)21(27)10-23-16(2)26/h3-4,6,9,17-18,20,22H,5,7-8,10-14H2,1-2H3,(H,23,26)/t18-,20-,22-/m0/s1. The van der Waals surface area contributed by atoms with E-state index in [1.807, 2.05) is 4.90 Å². The van der Waals surface area contributed by atoms with Crippen LogP contribution in [-0.2, 0) is 9.59 Å². The Balaban J connectivity index is 1.53. The number of carbonyl (C=O) groups excluding carboxylic acids is 2. The Morgan fingerprint density at radius 2 is 1.93 bits per heavy atom. The Bertz CT molecular complexity index is 715. The molecule has 0 aromatic heterocycles. The highest BCUT2D eigenvalue weighted by Gasteiger charge is 2.49. The van der Waals surface area contributed by atoms with E-state index in [0.717, 1.165) is 25.6 Å². The minimum absolute atomic E-state index is 0.0402. The Hall–Kier alpha value is -1.88. The van der Waals surface area contributed by atoms with Crippen molar-refractivity contribution < 1.29 is 9.59 Å². The summed E-state index contributed by atoms with van der Waals surface area (Å²) in [7, 11) is 0. The van der Waals surface area contributed by atoms with Crippen molar-refractivity contribution >= 4 is 11.8 Å². The van der Waals surface area contributed by atoms with Crippen LogP contribution in [0.5, 0.6) is 0 Å². The molecule has 4 rings (SSSR count). The normalized spacial score (nSPS) is 28.1. The molecule has 0 spiro atoms. The Morgan fingerprint density at radius 3 is 2.59 bits per heavy atom. The Kier molecular flexibility index (Phi) is 5.22. The summed E-state index contributed by atoms with van der Waals surface area (Å²) in [6.07, 6.45) is 4.16. The smallest absolute Gasteiger partial charge is 0.242 e. The number of nitrogens with one attached hydrogen (secondary N) is 1. The molecular formula is C22H31N3O2. The van der Waals surface area contributed by atoms with Crippen LogP contribution in [0, 0.1) is 24.7 Å². The molecule has 2 saturated heterocycles. The molecule has 0 unspecified atom stereocenters. The molecule has 3 aliphatic rings. The summed E-state index contributed by atoms with van der Waals surface area (Å²) in [5.41, 5.74) is 2.52. The van der Waals surface area contributed by atoms with Crippen LogP contribution in [0.15, 0.2) is 24.3 Å². The molecule has 1 aliphatic carbocycles. The lowest BCUT2D eigenvalue weighted by molar-refractivity contribution is -0.133. The number of aryl methyl sites for hydroxylation is 1. The van der Waals surface area contributed by atoms with E-state index in [4.69, 9.17) is 0 Å². The van der Waals surface area contributed by atoms with E-state index < -0.39 is 0 Å². The molecule has 27 heavy (non-hydrogen) atoms. The second kappa shape index (κ2) is 7.63. The zero-order valence-electron chi connectivity index (χ0n) is 16.5. The van der Waals surface area contributed by atoms with Crippen LogP contribution < -0.4 is 5.32 Å². The molecule has 5 nitrogen and oxygen atoms in total. The fourth-order valence-corrected chi connectivity index (χ4v) is 5.20. The first-order chi connectivity index (χ1) is 13.0. The van der Waals surface area contributed by atoms with Crippen LogP contribution in [0.25, 0.3) is 0 Å². The summed E-state index contributed by atoms with van der Waals surface area (Å²) in [5, 5.41) is 2.68. The van der Waals surface area contributed by atoms with Crippen molar-refractivity contribution in [3.8, 4) is 0 Å². The highest BCUT2D eigenvalue weighted by Crippen LogP contribution is 2.46. The molecule has 0 radical (unpaired) electrons. The molecule has 2 heterocycles. The van der Waals surface area contributed by atoms with Crippen LogP contribution in [0.2, 0.25) is 0 Å². The second-order valence-electron chi connectivity index (χ2n) is 8.70. The van der Waals surface area contributed by atoms with Gasteiger partial charge in [0, 0.05) is 39.0 Å². The van der Waals surface area contributed by atoms with Crippen molar-refractivity contribution in [2.45, 2.75) is 39.2 Å². The van der Waals surface area contributed by atoms with Gasteiger partial charge in [0.1, 0.15) is 0 Å². The molecule has 3 fully saturated rings. The van der Waals surface area contributed by atoms with Gasteiger partial charge in [-0.1, -0.05) is 30.7 Å². The van der Waals surface area contributed by atoms with Crippen molar-refractivity contribution in [2.75, 3.05) is 32.7 Å². The first kappa shape index (κ1) is 18.5. The van der Waals surface area contributed by atoms with E-state index in [2.05, 4.69) is 41.4 Å². The lowest BCUT2D eigenvalue weighted by Gasteiger charge is -2.33. The molecular weight excluding hydrogens is 338 g/mol. The zero-order valence-corrected chi connectivity index (χ0v) is 16.5. The largest absolute Gasteiger partial charge is 0.347 e. The van der Waals surface area contributed by atoms with Gasteiger partial charge < -0.3 is 15.1 Å². The van der Waals surface area contributed by atoms with E-state index in [-0.39, 0.29) is 24.4 Å². The Labute approximate surface area is 162 Å². The summed E-state index contributed by atoms with van der Waals surface area (Å²) in [6.45, 7) is 7.93. The van der Waals surface area contributed by atoms with Gasteiger partial charge in [-0.25, -0.2) is 0 Å². The number of rotatable bonds is 5. The van der Waals surface area contributed by atoms with Gasteiger partial charge >= 0.3 is 0 Å². The SMILES string of the molecule is CC(=O)NCC(=O)N1C[C@@H]2CN(CC3CCC3)C[C@@H]2[C@@H]1c1ccccc1C. The van der Waals surface area contributed by atoms with Gasteiger partial charge in [-0.3, -0.25) is 9.59 Å². The second-order valence-corrected chi connectivity index (χ2v) is 8.70. The third-order valence-corrected chi connectivity index (χ3v) is 6.80. The van der Waals surface area contributed by atoms with E-state index in [0.29, 0.717) is 11.8 Å². The number of amides is 2. The predicted octanol–water partition coefficient (Wildman–Crippen LogP) is 2.36. The van der Waals surface area contributed by atoms with E-state index in [1.54, 1.807) is 0 Å². The van der Waals surface area contributed by atoms with Gasteiger partial charge in [-0.2, -0.15) is 0 Å². The van der Waals surface area contributed by atoms with Crippen LogP contribution >= 0.6 is 0 Å². The van der Waals surface area contributed by atoms with Gasteiger partial charge in [-0.15, -0.1) is 0 Å². The number of hydrogen-bond acceptors (Lipinski definition) is 3.